The number of allylic oxidation sites excluding steroid dienone is 2. The minimum atomic E-state index is 0.744. The van der Waals surface area contributed by atoms with Gasteiger partial charge in [0.1, 0.15) is 10.9 Å². The Morgan fingerprint density at radius 1 is 1.36 bits per heavy atom. The molecule has 0 amide bonds. The van der Waals surface area contributed by atoms with Gasteiger partial charge in [-0.25, -0.2) is 5.01 Å². The molecule has 2 rings (SSSR count). The summed E-state index contributed by atoms with van der Waals surface area (Å²) in [6.07, 6.45) is 7.77. The lowest BCUT2D eigenvalue weighted by atomic mass is 10.4. The molecule has 1 N–H and O–H groups in total. The van der Waals surface area contributed by atoms with Gasteiger partial charge in [0.2, 0.25) is 0 Å². The van der Waals surface area contributed by atoms with Crippen molar-refractivity contribution < 1.29 is 0 Å². The Morgan fingerprint density at radius 2 is 2.18 bits per heavy atom. The fraction of sp³-hybridized carbons (Fsp3) is 0.143. The number of rotatable bonds is 0. The molecule has 2 aliphatic rings. The van der Waals surface area contributed by atoms with Crippen molar-refractivity contribution in [1.29, 1.82) is 0 Å². The topological polar surface area (TPSA) is 18.5 Å². The highest BCUT2D eigenvalue weighted by atomic mass is 32.1. The molecule has 1 radical (unpaired) electrons. The Bertz CT molecular complexity index is 267. The van der Waals surface area contributed by atoms with E-state index in [1.807, 2.05) is 41.5 Å². The lowest BCUT2D eigenvalue weighted by molar-refractivity contribution is 0.334. The van der Waals surface area contributed by atoms with E-state index in [-0.39, 0.29) is 0 Å². The predicted octanol–water partition coefficient (Wildman–Crippen LogP) is 1.10. The molecule has 0 aromatic carbocycles. The minimum Gasteiger partial charge on any atom is -0.335 e. The van der Waals surface area contributed by atoms with Crippen LogP contribution in [-0.2, 0) is 0 Å². The molecule has 0 aliphatic carbocycles. The highest BCUT2D eigenvalue weighted by molar-refractivity contribution is 7.84. The molecular formula is C7H8N3S. The zero-order valence-corrected chi connectivity index (χ0v) is 6.93. The molecule has 0 bridgehead atoms. The number of fused-ring (bicyclic) bond motifs is 1. The number of hydrogen-bond acceptors (Lipinski definition) is 3. The first-order valence-corrected chi connectivity index (χ1v) is 3.74. The van der Waals surface area contributed by atoms with Gasteiger partial charge in [-0.05, 0) is 12.2 Å². The second-order valence-electron chi connectivity index (χ2n) is 2.45. The van der Waals surface area contributed by atoms with Gasteiger partial charge in [-0.15, -0.1) is 0 Å². The van der Waals surface area contributed by atoms with Crippen molar-refractivity contribution in [1.82, 2.24) is 15.3 Å². The van der Waals surface area contributed by atoms with Gasteiger partial charge in [0.25, 0.3) is 0 Å². The van der Waals surface area contributed by atoms with E-state index >= 15 is 0 Å². The van der Waals surface area contributed by atoms with Crippen molar-refractivity contribution in [3.8, 4) is 0 Å². The molecule has 4 heteroatoms. The van der Waals surface area contributed by atoms with Crippen molar-refractivity contribution in [3.63, 3.8) is 0 Å². The fourth-order valence-corrected chi connectivity index (χ4v) is 1.25. The summed E-state index contributed by atoms with van der Waals surface area (Å²) >= 11 is 4.96. The Labute approximate surface area is 71.0 Å². The molecule has 0 atom stereocenters. The summed E-state index contributed by atoms with van der Waals surface area (Å²) < 4.78 is 0. The Balaban J connectivity index is 2.31. The van der Waals surface area contributed by atoms with Crippen molar-refractivity contribution in [2.24, 2.45) is 0 Å². The van der Waals surface area contributed by atoms with E-state index in [2.05, 4.69) is 5.43 Å². The van der Waals surface area contributed by atoms with Crippen LogP contribution in [0.2, 0.25) is 0 Å². The van der Waals surface area contributed by atoms with Gasteiger partial charge in [0.05, 0.1) is 0 Å². The summed E-state index contributed by atoms with van der Waals surface area (Å²) in [4.78, 5) is 2.02. The predicted molar refractivity (Wildman–Crippen MR) is 45.6 cm³/mol. The number of nitrogens with one attached hydrogen (secondary N) is 1. The van der Waals surface area contributed by atoms with Gasteiger partial charge in [-0.1, -0.05) is 12.6 Å². The maximum atomic E-state index is 4.96. The maximum absolute atomic E-state index is 4.96. The van der Waals surface area contributed by atoms with E-state index in [1.54, 1.807) is 0 Å². The van der Waals surface area contributed by atoms with Crippen LogP contribution in [0.3, 0.4) is 0 Å². The van der Waals surface area contributed by atoms with Crippen molar-refractivity contribution >= 4 is 12.6 Å². The van der Waals surface area contributed by atoms with Gasteiger partial charge in [-0.2, -0.15) is 0 Å². The smallest absolute Gasteiger partial charge is 0.131 e. The Kier molecular flexibility index (Phi) is 1.29. The summed E-state index contributed by atoms with van der Waals surface area (Å²) in [7, 11) is 1.99. The van der Waals surface area contributed by atoms with Crippen molar-refractivity contribution in [2.45, 2.75) is 0 Å². The van der Waals surface area contributed by atoms with Crippen LogP contribution in [0.25, 0.3) is 0 Å². The molecule has 11 heavy (non-hydrogen) atoms. The maximum Gasteiger partial charge on any atom is 0.131 e. The van der Waals surface area contributed by atoms with E-state index in [0.717, 1.165) is 10.9 Å². The zero-order chi connectivity index (χ0) is 7.84. The molecule has 3 nitrogen and oxygen atoms in total. The average molecular weight is 166 g/mol. The molecule has 0 spiro atoms. The highest BCUT2D eigenvalue weighted by Crippen LogP contribution is 2.20. The molecule has 57 valence electrons. The molecule has 0 fully saturated rings. The average Bonchev–Trinajstić information content (AvgIpc) is 2.32. The second kappa shape index (κ2) is 2.17. The van der Waals surface area contributed by atoms with Crippen LogP contribution in [0.1, 0.15) is 0 Å². The molecule has 2 heterocycles. The SMILES string of the molecule is CN1C=CN2NC([S])=CC=C12. The van der Waals surface area contributed by atoms with E-state index in [1.165, 1.54) is 0 Å². The van der Waals surface area contributed by atoms with Crippen LogP contribution in [0.5, 0.6) is 0 Å². The van der Waals surface area contributed by atoms with Crippen LogP contribution < -0.4 is 5.43 Å². The molecule has 0 saturated carbocycles. The van der Waals surface area contributed by atoms with Crippen molar-refractivity contribution in [3.05, 3.63) is 35.4 Å². The molecule has 0 unspecified atom stereocenters. The van der Waals surface area contributed by atoms with Gasteiger partial charge in [0.15, 0.2) is 0 Å². The van der Waals surface area contributed by atoms with Crippen LogP contribution in [0.4, 0.5) is 0 Å². The van der Waals surface area contributed by atoms with Gasteiger partial charge in [0, 0.05) is 19.4 Å². The minimum absolute atomic E-state index is 0.744. The zero-order valence-electron chi connectivity index (χ0n) is 6.11. The van der Waals surface area contributed by atoms with E-state index in [9.17, 15) is 0 Å². The summed E-state index contributed by atoms with van der Waals surface area (Å²) in [5.74, 6) is 1.10. The number of hydrogen-bond donors (Lipinski definition) is 1. The molecule has 0 aromatic heterocycles. The first-order chi connectivity index (χ1) is 5.27. The monoisotopic (exact) mass is 166 g/mol. The third-order valence-electron chi connectivity index (χ3n) is 1.66. The van der Waals surface area contributed by atoms with Gasteiger partial charge < -0.3 is 4.90 Å². The van der Waals surface area contributed by atoms with E-state index in [0.29, 0.717) is 0 Å². The normalized spacial score (nSPS) is 20.8. The first-order valence-electron chi connectivity index (χ1n) is 3.33. The van der Waals surface area contributed by atoms with Crippen molar-refractivity contribution in [2.75, 3.05) is 7.05 Å². The molecule has 2 aliphatic heterocycles. The number of nitrogens with zero attached hydrogens (tertiary/aromatic N) is 2. The summed E-state index contributed by atoms with van der Waals surface area (Å²) in [6.45, 7) is 0. The lowest BCUT2D eigenvalue weighted by Gasteiger charge is -2.25. The highest BCUT2D eigenvalue weighted by Gasteiger charge is 2.18. The molecular weight excluding hydrogens is 158 g/mol. The van der Waals surface area contributed by atoms with Crippen LogP contribution in [-0.4, -0.2) is 17.0 Å². The molecule has 0 aromatic rings. The quantitative estimate of drug-likeness (QED) is 0.581. The largest absolute Gasteiger partial charge is 0.335 e. The van der Waals surface area contributed by atoms with E-state index < -0.39 is 0 Å². The van der Waals surface area contributed by atoms with Crippen LogP contribution >= 0.6 is 12.6 Å². The fourth-order valence-electron chi connectivity index (χ4n) is 1.09. The van der Waals surface area contributed by atoms with Crippen LogP contribution in [0, 0.1) is 0 Å². The third kappa shape index (κ3) is 0.952. The summed E-state index contributed by atoms with van der Waals surface area (Å²) in [6, 6.07) is 0. The number of hydrazine groups is 1. The molecule has 0 saturated heterocycles. The summed E-state index contributed by atoms with van der Waals surface area (Å²) in [5.41, 5.74) is 3.02. The van der Waals surface area contributed by atoms with Gasteiger partial charge >= 0.3 is 0 Å². The lowest BCUT2D eigenvalue weighted by Crippen LogP contribution is -2.33. The third-order valence-corrected chi connectivity index (χ3v) is 1.89. The Hall–Kier alpha value is -1.16. The standard InChI is InChI=1S/C7H8N3S/c1-9-4-5-10-7(9)3-2-6(11)8-10/h2-5,8H,1H3. The first kappa shape index (κ1) is 6.54. The second-order valence-corrected chi connectivity index (χ2v) is 2.89. The Morgan fingerprint density at radius 3 is 3.00 bits per heavy atom. The van der Waals surface area contributed by atoms with Gasteiger partial charge in [-0.3, -0.25) is 5.43 Å². The van der Waals surface area contributed by atoms with E-state index in [4.69, 9.17) is 12.6 Å². The van der Waals surface area contributed by atoms with Crippen LogP contribution in [0.15, 0.2) is 35.4 Å². The summed E-state index contributed by atoms with van der Waals surface area (Å²) in [5, 5.41) is 2.64.